The number of unbranched alkanes of at least 4 members (excludes halogenated alkanes) is 3. The molecule has 0 heterocycles. The molecule has 1 aromatic carbocycles. The van der Waals surface area contributed by atoms with E-state index in [9.17, 15) is 4.79 Å². The Hall–Kier alpha value is -1.71. The Morgan fingerprint density at radius 3 is 2.36 bits per heavy atom. The zero-order valence-electron chi connectivity index (χ0n) is 17.4. The van der Waals surface area contributed by atoms with Gasteiger partial charge in [-0.15, -0.1) is 24.0 Å². The van der Waals surface area contributed by atoms with Crippen molar-refractivity contribution in [3.05, 3.63) is 23.8 Å². The number of guanidine groups is 1. The van der Waals surface area contributed by atoms with Crippen LogP contribution in [0.1, 0.15) is 44.6 Å². The molecule has 0 amide bonds. The van der Waals surface area contributed by atoms with Crippen LogP contribution in [0.25, 0.3) is 0 Å². The van der Waals surface area contributed by atoms with Crippen LogP contribution in [0, 0.1) is 0 Å². The second-order valence-electron chi connectivity index (χ2n) is 6.05. The molecule has 7 nitrogen and oxygen atoms in total. The molecule has 0 aliphatic heterocycles. The third-order valence-electron chi connectivity index (χ3n) is 4.04. The average Bonchev–Trinajstić information content (AvgIpc) is 2.70. The summed E-state index contributed by atoms with van der Waals surface area (Å²) in [4.78, 5) is 15.7. The average molecular weight is 507 g/mol. The molecule has 8 heteroatoms. The molecule has 0 saturated carbocycles. The second kappa shape index (κ2) is 16.3. The maximum Gasteiger partial charge on any atom is 0.305 e. The lowest BCUT2D eigenvalue weighted by atomic mass is 10.1. The summed E-state index contributed by atoms with van der Waals surface area (Å²) in [5, 5.41) is 6.59. The summed E-state index contributed by atoms with van der Waals surface area (Å²) in [5.41, 5.74) is 1.05. The van der Waals surface area contributed by atoms with Gasteiger partial charge in [-0.3, -0.25) is 4.79 Å². The van der Waals surface area contributed by atoms with E-state index < -0.39 is 0 Å². The fraction of sp³-hybridized carbons (Fsp3) is 0.600. The Balaban J connectivity index is 0.00000729. The summed E-state index contributed by atoms with van der Waals surface area (Å²) >= 11 is 0. The topological polar surface area (TPSA) is 81.2 Å². The molecule has 2 N–H and O–H groups in total. The second-order valence-corrected chi connectivity index (χ2v) is 6.05. The van der Waals surface area contributed by atoms with E-state index in [4.69, 9.17) is 9.47 Å². The molecule has 0 spiro atoms. The summed E-state index contributed by atoms with van der Waals surface area (Å²) in [6, 6.07) is 5.81. The first-order chi connectivity index (χ1) is 13.1. The minimum Gasteiger partial charge on any atom is -0.493 e. The van der Waals surface area contributed by atoms with Gasteiger partial charge in [0.2, 0.25) is 0 Å². The minimum absolute atomic E-state index is 0. The molecule has 0 fully saturated rings. The van der Waals surface area contributed by atoms with E-state index in [2.05, 4.69) is 20.4 Å². The largest absolute Gasteiger partial charge is 0.493 e. The highest BCUT2D eigenvalue weighted by Crippen LogP contribution is 2.27. The lowest BCUT2D eigenvalue weighted by molar-refractivity contribution is -0.140. The molecule has 0 aliphatic rings. The molecule has 0 atom stereocenters. The number of halogens is 1. The number of methoxy groups -OCH3 is 3. The third-order valence-corrected chi connectivity index (χ3v) is 4.04. The Morgan fingerprint density at radius 2 is 1.71 bits per heavy atom. The van der Waals surface area contributed by atoms with Crippen LogP contribution in [0.3, 0.4) is 0 Å². The van der Waals surface area contributed by atoms with Gasteiger partial charge < -0.3 is 24.8 Å². The normalized spacial score (nSPS) is 10.6. The SMILES string of the molecule is CCNC(=NCc1ccc(OC)c(OC)c1)NCCCCCCC(=O)OC.I. The highest BCUT2D eigenvalue weighted by atomic mass is 127. The molecule has 0 unspecified atom stereocenters. The van der Waals surface area contributed by atoms with Crippen LogP contribution in [-0.2, 0) is 16.1 Å². The zero-order chi connectivity index (χ0) is 19.9. The van der Waals surface area contributed by atoms with E-state index in [1.54, 1.807) is 14.2 Å². The summed E-state index contributed by atoms with van der Waals surface area (Å²) in [6.45, 7) is 4.24. The van der Waals surface area contributed by atoms with Gasteiger partial charge in [0, 0.05) is 19.5 Å². The number of hydrogen-bond donors (Lipinski definition) is 2. The smallest absolute Gasteiger partial charge is 0.305 e. The molecule has 0 saturated heterocycles. The summed E-state index contributed by atoms with van der Waals surface area (Å²) < 4.78 is 15.2. The number of rotatable bonds is 12. The molecule has 0 aliphatic carbocycles. The molecular weight excluding hydrogens is 473 g/mol. The van der Waals surface area contributed by atoms with Crippen molar-refractivity contribution >= 4 is 35.9 Å². The lowest BCUT2D eigenvalue weighted by Crippen LogP contribution is -2.37. The van der Waals surface area contributed by atoms with E-state index in [0.717, 1.165) is 50.3 Å². The quantitative estimate of drug-likeness (QED) is 0.148. The van der Waals surface area contributed by atoms with E-state index in [1.165, 1.54) is 7.11 Å². The number of aliphatic imine (C=N–C) groups is 1. The Bertz CT molecular complexity index is 597. The van der Waals surface area contributed by atoms with Gasteiger partial charge >= 0.3 is 5.97 Å². The van der Waals surface area contributed by atoms with Gasteiger partial charge in [-0.25, -0.2) is 4.99 Å². The first-order valence-electron chi connectivity index (χ1n) is 9.44. The number of benzene rings is 1. The molecular formula is C20H34IN3O4. The monoisotopic (exact) mass is 507 g/mol. The zero-order valence-corrected chi connectivity index (χ0v) is 19.7. The Kier molecular flexibility index (Phi) is 15.3. The molecule has 0 aromatic heterocycles. The predicted molar refractivity (Wildman–Crippen MR) is 123 cm³/mol. The van der Waals surface area contributed by atoms with E-state index in [0.29, 0.717) is 24.5 Å². The van der Waals surface area contributed by atoms with E-state index in [1.807, 2.05) is 25.1 Å². The molecule has 160 valence electrons. The van der Waals surface area contributed by atoms with E-state index in [-0.39, 0.29) is 29.9 Å². The maximum absolute atomic E-state index is 11.1. The standard InChI is InChI=1S/C20H33N3O4.HI/c1-5-21-20(22-13-9-7-6-8-10-19(24)27-4)23-15-16-11-12-17(25-2)18(14-16)26-3;/h11-12,14H,5-10,13,15H2,1-4H3,(H2,21,22,23);1H. The first-order valence-corrected chi connectivity index (χ1v) is 9.44. The van der Waals surface area contributed by atoms with Crippen LogP contribution < -0.4 is 20.1 Å². The van der Waals surface area contributed by atoms with Gasteiger partial charge in [0.05, 0.1) is 27.9 Å². The fourth-order valence-corrected chi connectivity index (χ4v) is 2.55. The van der Waals surface area contributed by atoms with Crippen molar-refractivity contribution in [3.8, 4) is 11.5 Å². The summed E-state index contributed by atoms with van der Waals surface area (Å²) in [5.74, 6) is 2.07. The van der Waals surface area contributed by atoms with Gasteiger partial charge in [-0.05, 0) is 37.5 Å². The van der Waals surface area contributed by atoms with E-state index >= 15 is 0 Å². The minimum atomic E-state index is -0.134. The van der Waals surface area contributed by atoms with Crippen LogP contribution in [0.5, 0.6) is 11.5 Å². The number of carbonyl (C=O) groups excluding carboxylic acids is 1. The Morgan fingerprint density at radius 1 is 1.00 bits per heavy atom. The van der Waals surface area contributed by atoms with Gasteiger partial charge in [0.1, 0.15) is 0 Å². The molecule has 0 radical (unpaired) electrons. The van der Waals surface area contributed by atoms with Crippen LogP contribution in [-0.4, -0.2) is 46.3 Å². The van der Waals surface area contributed by atoms with Gasteiger partial charge in [-0.2, -0.15) is 0 Å². The molecule has 1 rings (SSSR count). The van der Waals surface area contributed by atoms with Crippen molar-refractivity contribution in [2.75, 3.05) is 34.4 Å². The van der Waals surface area contributed by atoms with Crippen LogP contribution in [0.2, 0.25) is 0 Å². The lowest BCUT2D eigenvalue weighted by Gasteiger charge is -2.12. The number of nitrogens with one attached hydrogen (secondary N) is 2. The van der Waals surface area contributed by atoms with Crippen molar-refractivity contribution in [2.24, 2.45) is 4.99 Å². The van der Waals surface area contributed by atoms with Crippen molar-refractivity contribution in [1.29, 1.82) is 0 Å². The highest BCUT2D eigenvalue weighted by Gasteiger charge is 2.05. The maximum atomic E-state index is 11.1. The van der Waals surface area contributed by atoms with Crippen LogP contribution >= 0.6 is 24.0 Å². The first kappa shape index (κ1) is 26.3. The summed E-state index contributed by atoms with van der Waals surface area (Å²) in [7, 11) is 4.68. The van der Waals surface area contributed by atoms with Gasteiger partial charge in [0.15, 0.2) is 17.5 Å². The van der Waals surface area contributed by atoms with Crippen molar-refractivity contribution in [3.63, 3.8) is 0 Å². The van der Waals surface area contributed by atoms with Crippen molar-refractivity contribution in [1.82, 2.24) is 10.6 Å². The number of esters is 1. The van der Waals surface area contributed by atoms with Crippen LogP contribution in [0.15, 0.2) is 23.2 Å². The Labute approximate surface area is 185 Å². The van der Waals surface area contributed by atoms with Gasteiger partial charge in [0.25, 0.3) is 0 Å². The van der Waals surface area contributed by atoms with Crippen molar-refractivity contribution in [2.45, 2.75) is 45.6 Å². The van der Waals surface area contributed by atoms with Gasteiger partial charge in [-0.1, -0.05) is 18.9 Å². The summed E-state index contributed by atoms with van der Waals surface area (Å²) in [6.07, 6.45) is 4.50. The number of nitrogens with zero attached hydrogens (tertiary/aromatic N) is 1. The molecule has 1 aromatic rings. The number of ether oxygens (including phenoxy) is 3. The molecule has 0 bridgehead atoms. The van der Waals surface area contributed by atoms with Crippen LogP contribution in [0.4, 0.5) is 0 Å². The fourth-order valence-electron chi connectivity index (χ4n) is 2.55. The number of carbonyl (C=O) groups is 1. The molecule has 28 heavy (non-hydrogen) atoms. The third kappa shape index (κ3) is 10.6. The highest BCUT2D eigenvalue weighted by molar-refractivity contribution is 14.0. The number of hydrogen-bond acceptors (Lipinski definition) is 5. The van der Waals surface area contributed by atoms with Crippen molar-refractivity contribution < 1.29 is 19.0 Å². The predicted octanol–water partition coefficient (Wildman–Crippen LogP) is 3.50.